The average molecular weight is 556 g/mol. The van der Waals surface area contributed by atoms with Gasteiger partial charge in [-0.15, -0.1) is 11.3 Å². The second-order valence-electron chi connectivity index (χ2n) is 9.56. The molecule has 1 unspecified atom stereocenters. The first kappa shape index (κ1) is 26.4. The van der Waals surface area contributed by atoms with Crippen molar-refractivity contribution in [2.75, 3.05) is 19.6 Å². The summed E-state index contributed by atoms with van der Waals surface area (Å²) in [6.45, 7) is 3.84. The van der Waals surface area contributed by atoms with Crippen LogP contribution in [0.25, 0.3) is 10.6 Å². The van der Waals surface area contributed by atoms with Crippen LogP contribution in [0, 0.1) is 0 Å². The Balaban J connectivity index is 1.26. The smallest absolute Gasteiger partial charge is 0.341 e. The van der Waals surface area contributed by atoms with Crippen LogP contribution >= 0.6 is 11.3 Å². The lowest BCUT2D eigenvalue weighted by atomic mass is 9.95. The molecule has 6 nitrogen and oxygen atoms in total. The molecule has 0 N–H and O–H groups in total. The molecule has 0 bridgehead atoms. The largest absolute Gasteiger partial charge is 0.416 e. The number of fused-ring (bicyclic) bond motifs is 1. The van der Waals surface area contributed by atoms with Crippen molar-refractivity contribution in [2.45, 2.75) is 50.5 Å². The minimum atomic E-state index is -4.92. The van der Waals surface area contributed by atoms with E-state index in [2.05, 4.69) is 15.0 Å². The van der Waals surface area contributed by atoms with Crippen LogP contribution in [0.1, 0.15) is 59.0 Å². The number of benzene rings is 1. The molecule has 2 aliphatic rings. The normalized spacial score (nSPS) is 18.6. The van der Waals surface area contributed by atoms with Gasteiger partial charge in [0.15, 0.2) is 0 Å². The summed E-state index contributed by atoms with van der Waals surface area (Å²) in [6.07, 6.45) is -3.72. The van der Waals surface area contributed by atoms with Gasteiger partial charge in [-0.25, -0.2) is 9.97 Å². The maximum atomic E-state index is 13.2. The number of thiazole rings is 1. The molecule has 1 saturated heterocycles. The quantitative estimate of drug-likeness (QED) is 0.372. The maximum absolute atomic E-state index is 13.2. The summed E-state index contributed by atoms with van der Waals surface area (Å²) in [4.78, 5) is 28.3. The molecular weight excluding hydrogens is 532 g/mol. The van der Waals surface area contributed by atoms with E-state index in [0.717, 1.165) is 27.6 Å². The summed E-state index contributed by atoms with van der Waals surface area (Å²) in [7, 11) is 0. The monoisotopic (exact) mass is 555 g/mol. The fourth-order valence-corrected chi connectivity index (χ4v) is 5.97. The summed E-state index contributed by atoms with van der Waals surface area (Å²) in [5.74, 6) is 0.142. The molecule has 1 amide bonds. The van der Waals surface area contributed by atoms with Gasteiger partial charge in [0.1, 0.15) is 17.2 Å². The first-order valence-corrected chi connectivity index (χ1v) is 12.8. The number of carbonyl (C=O) groups is 1. The maximum Gasteiger partial charge on any atom is 0.416 e. The van der Waals surface area contributed by atoms with Crippen LogP contribution in [0.5, 0.6) is 0 Å². The molecule has 202 valence electrons. The summed E-state index contributed by atoms with van der Waals surface area (Å²) < 4.78 is 81.3. The molecule has 1 fully saturated rings. The van der Waals surface area contributed by atoms with E-state index in [-0.39, 0.29) is 40.9 Å². The van der Waals surface area contributed by atoms with Gasteiger partial charge in [0.05, 0.1) is 23.1 Å². The Labute approximate surface area is 218 Å². The zero-order valence-corrected chi connectivity index (χ0v) is 21.0. The number of aliphatic imine (C=N–C) groups is 1. The van der Waals surface area contributed by atoms with Gasteiger partial charge in [0.25, 0.3) is 0 Å². The summed E-state index contributed by atoms with van der Waals surface area (Å²) in [6, 6.07) is 1.50. The number of alkyl halides is 6. The second kappa shape index (κ2) is 9.83. The third kappa shape index (κ3) is 5.33. The topological polar surface area (TPSA) is 63.4 Å². The van der Waals surface area contributed by atoms with Gasteiger partial charge in [-0.05, 0) is 37.0 Å². The van der Waals surface area contributed by atoms with E-state index in [1.807, 2.05) is 11.5 Å². The lowest BCUT2D eigenvalue weighted by molar-refractivity contribution is -0.143. The van der Waals surface area contributed by atoms with Crippen molar-refractivity contribution in [1.29, 1.82) is 0 Å². The van der Waals surface area contributed by atoms with Crippen molar-refractivity contribution in [3.8, 4) is 10.6 Å². The average Bonchev–Trinajstić information content (AvgIpc) is 3.51. The molecule has 4 heterocycles. The molecule has 1 atom stereocenters. The minimum Gasteiger partial charge on any atom is -0.341 e. The fraction of sp³-hybridized carbons (Fsp3) is 0.440. The Hall–Kier alpha value is -3.22. The number of hydrogen-bond donors (Lipinski definition) is 0. The lowest BCUT2D eigenvalue weighted by Crippen LogP contribution is -2.39. The van der Waals surface area contributed by atoms with Gasteiger partial charge in [0.2, 0.25) is 5.91 Å². The van der Waals surface area contributed by atoms with Gasteiger partial charge in [-0.3, -0.25) is 9.79 Å². The molecule has 3 aromatic rings. The van der Waals surface area contributed by atoms with E-state index < -0.39 is 23.5 Å². The highest BCUT2D eigenvalue weighted by molar-refractivity contribution is 7.15. The Kier molecular flexibility index (Phi) is 6.82. The SMILES string of the molecule is CC1CN=Cc2ncn(CC(=O)N3CCC(c4cnc(-c5cc(C(F)(F)F)cc(C(F)(F)F)c5)s4)CC3)c21. The van der Waals surface area contributed by atoms with Crippen LogP contribution in [0.2, 0.25) is 0 Å². The van der Waals surface area contributed by atoms with Crippen molar-refractivity contribution in [3.05, 3.63) is 58.1 Å². The van der Waals surface area contributed by atoms with Crippen molar-refractivity contribution >= 4 is 23.5 Å². The molecule has 2 aliphatic heterocycles. The first-order valence-electron chi connectivity index (χ1n) is 12.0. The number of piperidine rings is 1. The number of halogens is 6. The number of likely N-dealkylation sites (tertiary alicyclic amines) is 1. The highest BCUT2D eigenvalue weighted by Gasteiger charge is 2.37. The van der Waals surface area contributed by atoms with E-state index >= 15 is 0 Å². The van der Waals surface area contributed by atoms with Crippen molar-refractivity contribution in [2.24, 2.45) is 4.99 Å². The molecule has 2 aromatic heterocycles. The van der Waals surface area contributed by atoms with Gasteiger partial charge >= 0.3 is 12.4 Å². The summed E-state index contributed by atoms with van der Waals surface area (Å²) in [5, 5.41) is 0.0950. The number of amides is 1. The highest BCUT2D eigenvalue weighted by Crippen LogP contribution is 2.41. The number of hydrogen-bond acceptors (Lipinski definition) is 5. The Morgan fingerprint density at radius 1 is 1.03 bits per heavy atom. The number of imidazole rings is 1. The van der Waals surface area contributed by atoms with Gasteiger partial charge in [-0.2, -0.15) is 26.3 Å². The third-order valence-electron chi connectivity index (χ3n) is 6.88. The highest BCUT2D eigenvalue weighted by atomic mass is 32.1. The van der Waals surface area contributed by atoms with Crippen LogP contribution in [0.15, 0.2) is 35.7 Å². The van der Waals surface area contributed by atoms with E-state index in [9.17, 15) is 31.1 Å². The van der Waals surface area contributed by atoms with Crippen LogP contribution in [0.3, 0.4) is 0 Å². The molecule has 38 heavy (non-hydrogen) atoms. The minimum absolute atomic E-state index is 0.00965. The molecule has 5 rings (SSSR count). The zero-order valence-electron chi connectivity index (χ0n) is 20.2. The van der Waals surface area contributed by atoms with E-state index in [1.54, 1.807) is 17.4 Å². The first-order chi connectivity index (χ1) is 17.9. The van der Waals surface area contributed by atoms with Crippen molar-refractivity contribution < 1.29 is 31.1 Å². The number of carbonyl (C=O) groups excluding carboxylic acids is 1. The Morgan fingerprint density at radius 2 is 1.68 bits per heavy atom. The zero-order chi connectivity index (χ0) is 27.2. The van der Waals surface area contributed by atoms with Crippen LogP contribution < -0.4 is 0 Å². The van der Waals surface area contributed by atoms with Crippen LogP contribution in [-0.2, 0) is 23.7 Å². The van der Waals surface area contributed by atoms with Gasteiger partial charge in [-0.1, -0.05) is 6.92 Å². The molecule has 1 aromatic carbocycles. The fourth-order valence-electron chi connectivity index (χ4n) is 4.90. The lowest BCUT2D eigenvalue weighted by Gasteiger charge is -2.32. The number of rotatable bonds is 4. The van der Waals surface area contributed by atoms with Gasteiger partial charge in [0, 0.05) is 48.4 Å². The molecule has 0 radical (unpaired) electrons. The molecule has 0 aliphatic carbocycles. The molecular formula is C25H23F6N5OS. The third-order valence-corrected chi connectivity index (χ3v) is 8.09. The number of aromatic nitrogens is 3. The predicted octanol–water partition coefficient (Wildman–Crippen LogP) is 5.99. The Bertz CT molecular complexity index is 1330. The standard InChI is InChI=1S/C25H23F6N5OS/c1-14-9-32-10-19-22(14)36(13-34-19)12-21(37)35-4-2-15(3-5-35)20-11-33-23(38-20)16-6-17(24(26,27)28)8-18(7-16)25(29,30)31/h6-8,10-11,13-15H,2-5,9,12H2,1H3. The van der Waals surface area contributed by atoms with Crippen LogP contribution in [-0.4, -0.2) is 51.2 Å². The van der Waals surface area contributed by atoms with Crippen LogP contribution in [0.4, 0.5) is 26.3 Å². The van der Waals surface area contributed by atoms with Gasteiger partial charge < -0.3 is 9.47 Å². The van der Waals surface area contributed by atoms with E-state index in [4.69, 9.17) is 0 Å². The Morgan fingerprint density at radius 3 is 2.32 bits per heavy atom. The van der Waals surface area contributed by atoms with E-state index in [1.165, 1.54) is 6.20 Å². The molecule has 0 saturated carbocycles. The van der Waals surface area contributed by atoms with E-state index in [0.29, 0.717) is 44.6 Å². The summed E-state index contributed by atoms with van der Waals surface area (Å²) >= 11 is 1.09. The second-order valence-corrected chi connectivity index (χ2v) is 10.6. The molecule has 0 spiro atoms. The molecule has 13 heteroatoms. The number of nitrogens with zero attached hydrogens (tertiary/aromatic N) is 5. The van der Waals surface area contributed by atoms with Crippen molar-refractivity contribution in [1.82, 2.24) is 19.4 Å². The predicted molar refractivity (Wildman–Crippen MR) is 129 cm³/mol. The summed E-state index contributed by atoms with van der Waals surface area (Å²) in [5.41, 5.74) is -1.19. The van der Waals surface area contributed by atoms with Crippen molar-refractivity contribution in [3.63, 3.8) is 0 Å².